The number of amides is 1. The Hall–Kier alpha value is 1.11. The Labute approximate surface area is 191 Å². The number of nitrogens with one attached hydrogen (secondary N) is 1. The van der Waals surface area contributed by atoms with Crippen LogP contribution in [0.15, 0.2) is 6.07 Å². The molecule has 0 fully saturated rings. The van der Waals surface area contributed by atoms with Crippen LogP contribution in [-0.4, -0.2) is 31.7 Å². The van der Waals surface area contributed by atoms with Crippen molar-refractivity contribution in [1.82, 2.24) is 0 Å². The van der Waals surface area contributed by atoms with Crippen molar-refractivity contribution in [2.45, 2.75) is 6.92 Å². The van der Waals surface area contributed by atoms with E-state index in [0.717, 1.165) is 10.7 Å². The van der Waals surface area contributed by atoms with Crippen LogP contribution in [-0.2, 0) is 14.3 Å². The zero-order valence-corrected chi connectivity index (χ0v) is 20.3. The fourth-order valence-corrected chi connectivity index (χ4v) is 5.31. The summed E-state index contributed by atoms with van der Waals surface area (Å²) in [7, 11) is 0. The summed E-state index contributed by atoms with van der Waals surface area (Å²) < 4.78 is 13.1. The quantitative estimate of drug-likeness (QED) is 0.223. The average molecular weight is 653 g/mol. The van der Waals surface area contributed by atoms with Gasteiger partial charge in [0.25, 0.3) is 0 Å². The van der Waals surface area contributed by atoms with Crippen molar-refractivity contribution in [2.24, 2.45) is 0 Å². The number of hydrogen-bond donors (Lipinski definition) is 1. The molecule has 0 bridgehead atoms. The minimum atomic E-state index is -1.26. The SMILES string of the molecule is CC(=O)Nc1c(I)cc(I)c(OCCOCC(=O)[O-])c1I.[Na+]. The molecule has 0 heterocycles. The minimum absolute atomic E-state index is 0. The van der Waals surface area contributed by atoms with E-state index in [1.54, 1.807) is 0 Å². The van der Waals surface area contributed by atoms with Gasteiger partial charge in [-0.2, -0.15) is 0 Å². The molecule has 0 saturated carbocycles. The molecule has 1 amide bonds. The number of carbonyl (C=O) groups is 2. The molecule has 1 N–H and O–H groups in total. The van der Waals surface area contributed by atoms with E-state index in [2.05, 4.69) is 73.1 Å². The number of halogens is 3. The maximum Gasteiger partial charge on any atom is 1.00 e. The monoisotopic (exact) mass is 653 g/mol. The molecule has 1 aromatic carbocycles. The molecule has 0 radical (unpaired) electrons. The third-order valence-corrected chi connectivity index (χ3v) is 4.80. The maximum atomic E-state index is 11.2. The third kappa shape index (κ3) is 7.79. The van der Waals surface area contributed by atoms with Crippen LogP contribution in [0, 0.1) is 10.7 Å². The van der Waals surface area contributed by atoms with Crippen LogP contribution in [0.3, 0.4) is 0 Å². The largest absolute Gasteiger partial charge is 1.00 e. The van der Waals surface area contributed by atoms with Gasteiger partial charge < -0.3 is 24.7 Å². The van der Waals surface area contributed by atoms with Gasteiger partial charge in [0.15, 0.2) is 0 Å². The number of rotatable bonds is 7. The van der Waals surface area contributed by atoms with Gasteiger partial charge in [-0.05, 0) is 73.8 Å². The molecule has 0 aromatic heterocycles. The summed E-state index contributed by atoms with van der Waals surface area (Å²) in [6, 6.07) is 1.89. The summed E-state index contributed by atoms with van der Waals surface area (Å²) in [6.07, 6.45) is 0. The van der Waals surface area contributed by atoms with Crippen molar-refractivity contribution in [3.63, 3.8) is 0 Å². The van der Waals surface area contributed by atoms with Gasteiger partial charge in [-0.25, -0.2) is 0 Å². The van der Waals surface area contributed by atoms with Crippen LogP contribution in [0.25, 0.3) is 0 Å². The van der Waals surface area contributed by atoms with E-state index >= 15 is 0 Å². The molecular weight excluding hydrogens is 642 g/mol. The first-order valence-corrected chi connectivity index (χ1v) is 8.92. The van der Waals surface area contributed by atoms with E-state index < -0.39 is 12.6 Å². The molecule has 22 heavy (non-hydrogen) atoms. The standard InChI is InChI=1S/C12H12I3NO5.Na/c1-6(17)16-11-7(13)4-8(14)12(10(11)15)21-3-2-20-5-9(18)19;/h4H,2-3,5H2,1H3,(H,16,17)(H,18,19);/q;+1/p-1. The van der Waals surface area contributed by atoms with Gasteiger partial charge in [0.2, 0.25) is 5.91 Å². The predicted molar refractivity (Wildman–Crippen MR) is 100 cm³/mol. The number of carboxylic acids is 1. The molecule has 6 nitrogen and oxygen atoms in total. The van der Waals surface area contributed by atoms with E-state index in [1.807, 2.05) is 6.07 Å². The van der Waals surface area contributed by atoms with Crippen LogP contribution in [0.2, 0.25) is 0 Å². The van der Waals surface area contributed by atoms with Gasteiger partial charge in [0.05, 0.1) is 32.0 Å². The third-order valence-electron chi connectivity index (χ3n) is 2.12. The van der Waals surface area contributed by atoms with Crippen LogP contribution in [0.4, 0.5) is 5.69 Å². The second kappa shape index (κ2) is 11.6. The smallest absolute Gasteiger partial charge is 0.548 e. The van der Waals surface area contributed by atoms with E-state index in [1.165, 1.54) is 6.92 Å². The molecule has 0 aliphatic rings. The summed E-state index contributed by atoms with van der Waals surface area (Å²) in [5.41, 5.74) is 0.703. The van der Waals surface area contributed by atoms with Crippen molar-refractivity contribution >= 4 is 85.3 Å². The first-order valence-electron chi connectivity index (χ1n) is 5.68. The van der Waals surface area contributed by atoms with Crippen LogP contribution in [0.5, 0.6) is 5.75 Å². The van der Waals surface area contributed by atoms with Gasteiger partial charge in [-0.3, -0.25) is 4.79 Å². The summed E-state index contributed by atoms with van der Waals surface area (Å²) >= 11 is 6.39. The molecule has 1 rings (SSSR count). The van der Waals surface area contributed by atoms with E-state index in [0.29, 0.717) is 11.4 Å². The zero-order chi connectivity index (χ0) is 16.0. The Morgan fingerprint density at radius 3 is 2.41 bits per heavy atom. The molecule has 10 heteroatoms. The Bertz CT molecular complexity index is 556. The molecule has 0 saturated heterocycles. The molecule has 0 aliphatic heterocycles. The van der Waals surface area contributed by atoms with Crippen LogP contribution >= 0.6 is 67.8 Å². The first-order chi connectivity index (χ1) is 9.82. The number of aliphatic carboxylic acids is 1. The second-order valence-corrected chi connectivity index (χ2v) is 7.22. The van der Waals surface area contributed by atoms with E-state index in [4.69, 9.17) is 9.47 Å². The van der Waals surface area contributed by atoms with Crippen molar-refractivity contribution in [3.8, 4) is 5.75 Å². The summed E-state index contributed by atoms with van der Waals surface area (Å²) in [4.78, 5) is 21.4. The normalized spacial score (nSPS) is 9.82. The maximum absolute atomic E-state index is 11.2. The number of carboxylic acid groups (broad SMARTS) is 1. The van der Waals surface area contributed by atoms with Crippen LogP contribution in [0.1, 0.15) is 6.92 Å². The summed E-state index contributed by atoms with van der Waals surface area (Å²) in [5.74, 6) is -0.783. The minimum Gasteiger partial charge on any atom is -0.548 e. The number of ether oxygens (including phenoxy) is 2. The second-order valence-electron chi connectivity index (χ2n) is 3.81. The Kier molecular flexibility index (Phi) is 12.2. The fraction of sp³-hybridized carbons (Fsp3) is 0.333. The fourth-order valence-electron chi connectivity index (χ4n) is 1.35. The van der Waals surface area contributed by atoms with E-state index in [-0.39, 0.29) is 48.7 Å². The first kappa shape index (κ1) is 23.1. The van der Waals surface area contributed by atoms with Gasteiger partial charge in [-0.15, -0.1) is 0 Å². The predicted octanol–water partition coefficient (Wildman–Crippen LogP) is -1.39. The van der Waals surface area contributed by atoms with Crippen LogP contribution < -0.4 is 44.7 Å². The van der Waals surface area contributed by atoms with Crippen molar-refractivity contribution in [2.75, 3.05) is 25.1 Å². The molecule has 0 unspecified atom stereocenters. The van der Waals surface area contributed by atoms with Crippen molar-refractivity contribution in [3.05, 3.63) is 16.8 Å². The van der Waals surface area contributed by atoms with E-state index in [9.17, 15) is 14.7 Å². The molecule has 116 valence electrons. The zero-order valence-electron chi connectivity index (χ0n) is 11.9. The van der Waals surface area contributed by atoms with Crippen molar-refractivity contribution < 1.29 is 53.7 Å². The van der Waals surface area contributed by atoms with Crippen molar-refractivity contribution in [1.29, 1.82) is 0 Å². The number of carbonyl (C=O) groups excluding carboxylic acids is 2. The Morgan fingerprint density at radius 1 is 1.23 bits per heavy atom. The molecule has 1 aromatic rings. The number of anilines is 1. The molecule has 0 atom stereocenters. The van der Waals surface area contributed by atoms with Gasteiger partial charge in [0, 0.05) is 10.5 Å². The number of hydrogen-bond acceptors (Lipinski definition) is 5. The topological polar surface area (TPSA) is 87.7 Å². The molecule has 0 spiro atoms. The average Bonchev–Trinajstić information content (AvgIpc) is 2.37. The molecular formula is C12H11I3NNaO5. The Morgan fingerprint density at radius 2 is 1.86 bits per heavy atom. The summed E-state index contributed by atoms with van der Waals surface area (Å²) in [5, 5.41) is 13.0. The van der Waals surface area contributed by atoms with Gasteiger partial charge in [0.1, 0.15) is 12.4 Å². The van der Waals surface area contributed by atoms with Gasteiger partial charge in [-0.1, -0.05) is 0 Å². The summed E-state index contributed by atoms with van der Waals surface area (Å²) in [6.45, 7) is 1.33. The number of benzene rings is 1. The van der Waals surface area contributed by atoms with Gasteiger partial charge >= 0.3 is 29.6 Å². The molecule has 0 aliphatic carbocycles. The Balaban J connectivity index is 0.00000441.